The van der Waals surface area contributed by atoms with Gasteiger partial charge in [0.1, 0.15) is 46.9 Å². The molecular weight excluding hydrogens is 1730 g/mol. The van der Waals surface area contributed by atoms with Gasteiger partial charge in [-0.25, -0.2) is 0 Å². The first-order valence-corrected chi connectivity index (χ1v) is 53.2. The van der Waals surface area contributed by atoms with Gasteiger partial charge in [-0.05, 0) is 463 Å². The number of carbonyl (C=O) groups is 1. The molecule has 140 heavy (non-hydrogen) atoms. The van der Waals surface area contributed by atoms with Crippen molar-refractivity contribution in [3.63, 3.8) is 0 Å². The van der Waals surface area contributed by atoms with E-state index in [0.717, 1.165) is 168 Å². The minimum Gasteiger partial charge on any atom is -0.491 e. The molecule has 15 saturated carbocycles. The molecule has 0 radical (unpaired) electrons. The van der Waals surface area contributed by atoms with Gasteiger partial charge in [0.25, 0.3) is 0 Å². The molecule has 0 spiro atoms. The third-order valence-corrected chi connectivity index (χ3v) is 35.0. The normalized spacial score (nSPS) is 28.9. The summed E-state index contributed by atoms with van der Waals surface area (Å²) in [7, 11) is 0. The van der Waals surface area contributed by atoms with Gasteiger partial charge in [-0.15, -0.1) is 0 Å². The second kappa shape index (κ2) is 58.8. The second-order valence-corrected chi connectivity index (χ2v) is 44.3. The first-order valence-electron chi connectivity index (χ1n) is 53.2. The molecule has 21 rings (SSSR count). The Morgan fingerprint density at radius 2 is 0.629 bits per heavy atom. The SMILES string of the molecule is C.C.C.C.C.C.C.C.C.C.CCC(C)c1ccc(OC(C)OC23CC4CC(CC(C4)C2)C3)cc1.CCC(C)c1ccc(OC(C)OCC23CC4CC(CC(C4)C2)C3)cc1.CCC(C)c1ccc(OC(C)OCCC2CC3CC2C2C4CCC(C4)C32)cc1.CCC(C)c1ccc(OC(C)OCCC2CC3CCC2C3)cc1.CCC(C)c1ccc(OC(C)OCCOc2ccc(C3CCC(=O)CC3)cc2)cc1. The van der Waals surface area contributed by atoms with Crippen LogP contribution in [0.1, 0.15) is 452 Å². The van der Waals surface area contributed by atoms with E-state index in [1.54, 1.807) is 25.7 Å². The maximum Gasteiger partial charge on any atom is 0.197 e. The summed E-state index contributed by atoms with van der Waals surface area (Å²) in [5, 5.41) is 0. The molecule has 15 fully saturated rings. The quantitative estimate of drug-likeness (QED) is 0.0208. The van der Waals surface area contributed by atoms with Crippen molar-refractivity contribution in [1.29, 1.82) is 0 Å². The number of ether oxygens (including phenoxy) is 11. The summed E-state index contributed by atoms with van der Waals surface area (Å²) >= 11 is 0. The molecule has 14 bridgehead atoms. The van der Waals surface area contributed by atoms with Gasteiger partial charge in [0.15, 0.2) is 31.5 Å². The number of fused-ring (bicyclic) bond motifs is 11. The largest absolute Gasteiger partial charge is 0.491 e. The van der Waals surface area contributed by atoms with E-state index in [-0.39, 0.29) is 111 Å². The Kier molecular flexibility index (Phi) is 52.1. The third kappa shape index (κ3) is 33.3. The summed E-state index contributed by atoms with van der Waals surface area (Å²) in [4.78, 5) is 11.4. The summed E-state index contributed by atoms with van der Waals surface area (Å²) < 4.78 is 66.0. The summed E-state index contributed by atoms with van der Waals surface area (Å²) in [5.74, 6) is 25.3. The van der Waals surface area contributed by atoms with Crippen LogP contribution >= 0.6 is 0 Å². The molecule has 15 aliphatic carbocycles. The van der Waals surface area contributed by atoms with E-state index in [4.69, 9.17) is 52.1 Å². The van der Waals surface area contributed by atoms with Gasteiger partial charge in [-0.3, -0.25) is 4.79 Å². The highest BCUT2D eigenvalue weighted by Crippen LogP contribution is 2.69. The van der Waals surface area contributed by atoms with Crippen LogP contribution in [0, 0.1) is 100 Å². The van der Waals surface area contributed by atoms with E-state index in [1.807, 2.05) is 52.0 Å². The van der Waals surface area contributed by atoms with Gasteiger partial charge in [0.05, 0.1) is 32.0 Å². The van der Waals surface area contributed by atoms with Crippen LogP contribution in [-0.4, -0.2) is 75.9 Å². The molecule has 20 atom stereocenters. The zero-order chi connectivity index (χ0) is 91.0. The van der Waals surface area contributed by atoms with Crippen molar-refractivity contribution in [1.82, 2.24) is 0 Å². The molecule has 12 heteroatoms. The predicted molar refractivity (Wildman–Crippen MR) is 594 cm³/mol. The van der Waals surface area contributed by atoms with Crippen LogP contribution in [0.3, 0.4) is 0 Å². The van der Waals surface area contributed by atoms with Crippen molar-refractivity contribution in [3.05, 3.63) is 179 Å². The lowest BCUT2D eigenvalue weighted by Gasteiger charge is -2.56. The van der Waals surface area contributed by atoms with Crippen LogP contribution in [0.15, 0.2) is 146 Å². The fourth-order valence-electron chi connectivity index (χ4n) is 28.0. The zero-order valence-electron chi connectivity index (χ0n) is 83.0. The van der Waals surface area contributed by atoms with E-state index in [2.05, 4.69) is 197 Å². The van der Waals surface area contributed by atoms with Crippen LogP contribution in [0.5, 0.6) is 34.5 Å². The predicted octanol–water partition coefficient (Wildman–Crippen LogP) is 37.1. The average molecular weight is 1940 g/mol. The molecule has 12 nitrogen and oxygen atoms in total. The minimum atomic E-state index is -0.334. The molecule has 0 N–H and O–H groups in total. The van der Waals surface area contributed by atoms with Crippen LogP contribution in [0.4, 0.5) is 0 Å². The molecule has 0 aromatic heterocycles. The topological polar surface area (TPSA) is 119 Å². The maximum atomic E-state index is 11.4. The molecule has 6 aromatic rings. The van der Waals surface area contributed by atoms with E-state index in [1.165, 1.54) is 181 Å². The molecule has 0 aliphatic heterocycles. The van der Waals surface area contributed by atoms with Gasteiger partial charge < -0.3 is 52.1 Å². The molecule has 20 unspecified atom stereocenters. The molecule has 0 saturated heterocycles. The Morgan fingerprint density at radius 3 is 0.993 bits per heavy atom. The number of rotatable bonds is 39. The number of carbonyl (C=O) groups excluding carboxylic acids is 1. The molecule has 794 valence electrons. The van der Waals surface area contributed by atoms with Gasteiger partial charge >= 0.3 is 0 Å². The van der Waals surface area contributed by atoms with Gasteiger partial charge in [-0.2, -0.15) is 0 Å². The third-order valence-electron chi connectivity index (χ3n) is 35.0. The smallest absolute Gasteiger partial charge is 0.197 e. The summed E-state index contributed by atoms with van der Waals surface area (Å²) in [5.41, 5.74) is 8.75. The number of Topliss-reactive ketones (excluding diaryl/α,β-unsaturated/α-hetero) is 1. The summed E-state index contributed by atoms with van der Waals surface area (Å²) in [6.45, 7) is 36.0. The van der Waals surface area contributed by atoms with E-state index < -0.39 is 0 Å². The number of ketones is 1. The zero-order valence-corrected chi connectivity index (χ0v) is 83.0. The van der Waals surface area contributed by atoms with Crippen LogP contribution in [-0.2, 0) is 28.5 Å². The maximum absolute atomic E-state index is 11.4. The summed E-state index contributed by atoms with van der Waals surface area (Å²) in [6, 6.07) is 50.7. The lowest BCUT2D eigenvalue weighted by atomic mass is 9.50. The molecule has 15 aliphatic rings. The van der Waals surface area contributed by atoms with Gasteiger partial charge in [0, 0.05) is 12.8 Å². The van der Waals surface area contributed by atoms with Gasteiger partial charge in [0.2, 0.25) is 0 Å². The monoisotopic (exact) mass is 1940 g/mol. The Balaban J connectivity index is 0.000000304. The Morgan fingerprint density at radius 1 is 0.293 bits per heavy atom. The number of benzene rings is 6. The fraction of sp³-hybridized carbons (Fsp3) is 0.711. The van der Waals surface area contributed by atoms with Crippen molar-refractivity contribution in [2.75, 3.05) is 33.0 Å². The first-order chi connectivity index (χ1) is 62.9. The van der Waals surface area contributed by atoms with E-state index in [9.17, 15) is 4.79 Å². The van der Waals surface area contributed by atoms with Crippen molar-refractivity contribution < 1.29 is 56.9 Å². The summed E-state index contributed by atoms with van der Waals surface area (Å²) in [6.07, 6.45) is 41.0. The van der Waals surface area contributed by atoms with E-state index >= 15 is 0 Å². The van der Waals surface area contributed by atoms with Crippen LogP contribution in [0.25, 0.3) is 0 Å². The van der Waals surface area contributed by atoms with Crippen LogP contribution in [0.2, 0.25) is 0 Å². The Hall–Kier alpha value is -6.41. The Labute approximate surface area is 860 Å². The average Bonchev–Trinajstić information content (AvgIpc) is 1.55. The highest BCUT2D eigenvalue weighted by Gasteiger charge is 2.62. The van der Waals surface area contributed by atoms with Crippen molar-refractivity contribution >= 4 is 5.78 Å². The second-order valence-electron chi connectivity index (χ2n) is 44.3. The highest BCUT2D eigenvalue weighted by molar-refractivity contribution is 5.79. The van der Waals surface area contributed by atoms with Crippen LogP contribution < -0.4 is 28.4 Å². The molecule has 0 amide bonds. The number of hydrogen-bond donors (Lipinski definition) is 0. The molecular formula is C128H210O12. The van der Waals surface area contributed by atoms with E-state index in [0.29, 0.717) is 72.8 Å². The molecule has 6 aromatic carbocycles. The van der Waals surface area contributed by atoms with Gasteiger partial charge in [-0.1, -0.05) is 223 Å². The van der Waals surface area contributed by atoms with Crippen molar-refractivity contribution in [2.45, 2.75) is 456 Å². The van der Waals surface area contributed by atoms with Crippen molar-refractivity contribution in [3.8, 4) is 34.5 Å². The Bertz CT molecular complexity index is 4270. The van der Waals surface area contributed by atoms with Crippen molar-refractivity contribution in [2.24, 2.45) is 100 Å². The standard InChI is InChI=1S/C26H34O4.C26H38O2.C23H34O2.C22H32O2.C21H32O2.10CH4/c1-4-19(2)21-7-15-26(16-8-21)30-20(3)28-17-18-29-25-13-9-23(10-14-25)22-5-11-24(27)12-6-22;1-4-16(2)18-7-9-23(10-8-18)28-17(3)27-12-11-19-13-22-15-24(19)26-21-6-5-20(14-21)25(22)26;1-4-16(2)21-5-7-22(8-6-21)25-17(3)24-15-23-12-18-9-19(13-23)11-20(10-18)14-23;1-4-15(2)20-5-7-21(8-6-20)23-16(3)24-22-12-17-9-18(13-22)11-19(10-17)14-22;1-4-15(2)18-7-9-21(10-8-18)23-16(3)22-12-11-20-14-17-5-6-19(20)13-17;;;;;;;;;;/h7-10,13-16,19-20,22H,4-6,11-12,17-18H2,1-3H3;7-10,16-17,19-22,24-26H,4-6,11-15H2,1-3H3;5-8,16-20H,4,9-15H2,1-3H3;5-8,15-19H,4,9-14H2,1-3H3;7-10,15-17,19-20H,4-6,11-14H2,1-3H3;10*1H4. The minimum absolute atomic E-state index is 0. The number of hydrogen-bond acceptors (Lipinski definition) is 12. The highest BCUT2D eigenvalue weighted by atomic mass is 16.7. The fourth-order valence-corrected chi connectivity index (χ4v) is 28.0. The first kappa shape index (κ1) is 124. The lowest BCUT2D eigenvalue weighted by molar-refractivity contribution is -0.225. The lowest BCUT2D eigenvalue weighted by Crippen LogP contribution is -2.53. The molecule has 0 heterocycles.